The highest BCUT2D eigenvalue weighted by Gasteiger charge is 2.21. The first-order valence-electron chi connectivity index (χ1n) is 7.83. The molecular weight excluding hydrogens is 315 g/mol. The number of aliphatic hydroxyl groups is 1. The minimum atomic E-state index is -0.800. The summed E-state index contributed by atoms with van der Waals surface area (Å²) in [7, 11) is 0. The van der Waals surface area contributed by atoms with E-state index in [1.54, 1.807) is 18.2 Å². The summed E-state index contributed by atoms with van der Waals surface area (Å²) in [4.78, 5) is 8.86. The molecule has 23 heavy (non-hydrogen) atoms. The zero-order chi connectivity index (χ0) is 16.2. The predicted molar refractivity (Wildman–Crippen MR) is 89.3 cm³/mol. The molecule has 0 spiro atoms. The van der Waals surface area contributed by atoms with Gasteiger partial charge in [-0.25, -0.2) is 9.37 Å². The first kappa shape index (κ1) is 16.3. The number of rotatable bonds is 4. The molecule has 1 saturated heterocycles. The SMILES string of the molecule is Cc1nsc(N2CCCN(CC(O)c3ccccc3F)CC2)n1. The van der Waals surface area contributed by atoms with Gasteiger partial charge in [0.2, 0.25) is 5.13 Å². The highest BCUT2D eigenvalue weighted by atomic mass is 32.1. The van der Waals surface area contributed by atoms with E-state index < -0.39 is 6.10 Å². The van der Waals surface area contributed by atoms with E-state index in [4.69, 9.17) is 0 Å². The minimum Gasteiger partial charge on any atom is -0.387 e. The summed E-state index contributed by atoms with van der Waals surface area (Å²) < 4.78 is 18.0. The average molecular weight is 336 g/mol. The molecule has 0 bridgehead atoms. The van der Waals surface area contributed by atoms with Crippen LogP contribution in [0.3, 0.4) is 0 Å². The Morgan fingerprint density at radius 2 is 2.09 bits per heavy atom. The van der Waals surface area contributed by atoms with E-state index in [2.05, 4.69) is 19.2 Å². The normalized spacial score (nSPS) is 18.0. The van der Waals surface area contributed by atoms with E-state index in [-0.39, 0.29) is 5.82 Å². The molecule has 1 aromatic carbocycles. The number of aliphatic hydroxyl groups excluding tert-OH is 1. The van der Waals surface area contributed by atoms with Crippen molar-refractivity contribution in [3.05, 3.63) is 41.5 Å². The second-order valence-electron chi connectivity index (χ2n) is 5.80. The fourth-order valence-corrected chi connectivity index (χ4v) is 3.57. The monoisotopic (exact) mass is 336 g/mol. The van der Waals surface area contributed by atoms with E-state index in [9.17, 15) is 9.50 Å². The lowest BCUT2D eigenvalue weighted by Crippen LogP contribution is -2.33. The Hall–Kier alpha value is -1.57. The number of hydrogen-bond donors (Lipinski definition) is 1. The summed E-state index contributed by atoms with van der Waals surface area (Å²) in [6.45, 7) is 5.84. The second-order valence-corrected chi connectivity index (χ2v) is 6.53. The highest BCUT2D eigenvalue weighted by molar-refractivity contribution is 7.09. The van der Waals surface area contributed by atoms with E-state index in [1.807, 2.05) is 6.92 Å². The van der Waals surface area contributed by atoms with E-state index in [0.717, 1.165) is 43.6 Å². The van der Waals surface area contributed by atoms with Crippen LogP contribution in [0.25, 0.3) is 0 Å². The molecule has 5 nitrogen and oxygen atoms in total. The van der Waals surface area contributed by atoms with E-state index >= 15 is 0 Å². The second kappa shape index (κ2) is 7.33. The van der Waals surface area contributed by atoms with Crippen molar-refractivity contribution < 1.29 is 9.50 Å². The fourth-order valence-electron chi connectivity index (χ4n) is 2.85. The topological polar surface area (TPSA) is 52.5 Å². The Morgan fingerprint density at radius 3 is 2.83 bits per heavy atom. The van der Waals surface area contributed by atoms with Gasteiger partial charge in [-0.3, -0.25) is 4.90 Å². The number of anilines is 1. The summed E-state index contributed by atoms with van der Waals surface area (Å²) in [6, 6.07) is 6.43. The van der Waals surface area contributed by atoms with Gasteiger partial charge in [-0.2, -0.15) is 4.37 Å². The van der Waals surface area contributed by atoms with Crippen LogP contribution in [0.5, 0.6) is 0 Å². The largest absolute Gasteiger partial charge is 0.387 e. The first-order valence-corrected chi connectivity index (χ1v) is 8.61. The van der Waals surface area contributed by atoms with Crippen LogP contribution in [0, 0.1) is 12.7 Å². The van der Waals surface area contributed by atoms with E-state index in [0.29, 0.717) is 12.1 Å². The molecule has 3 rings (SSSR count). The van der Waals surface area contributed by atoms with Crippen LogP contribution in [0.1, 0.15) is 23.9 Å². The van der Waals surface area contributed by atoms with Crippen LogP contribution < -0.4 is 4.90 Å². The van der Waals surface area contributed by atoms with Crippen molar-refractivity contribution in [3.63, 3.8) is 0 Å². The molecule has 1 atom stereocenters. The third kappa shape index (κ3) is 4.04. The Bertz CT molecular complexity index is 651. The fraction of sp³-hybridized carbons (Fsp3) is 0.500. The van der Waals surface area contributed by atoms with Crippen LogP contribution >= 0.6 is 11.5 Å². The maximum Gasteiger partial charge on any atom is 0.205 e. The molecule has 0 radical (unpaired) electrons. The van der Waals surface area contributed by atoms with Gasteiger partial charge < -0.3 is 10.0 Å². The van der Waals surface area contributed by atoms with Crippen LogP contribution in [0.4, 0.5) is 9.52 Å². The lowest BCUT2D eigenvalue weighted by Gasteiger charge is -2.24. The molecule has 1 aromatic heterocycles. The third-order valence-electron chi connectivity index (χ3n) is 4.07. The van der Waals surface area contributed by atoms with Crippen LogP contribution in [0.15, 0.2) is 24.3 Å². The number of hydrogen-bond acceptors (Lipinski definition) is 6. The maximum atomic E-state index is 13.8. The molecule has 0 amide bonds. The molecule has 1 N–H and O–H groups in total. The van der Waals surface area contributed by atoms with Crippen molar-refractivity contribution in [3.8, 4) is 0 Å². The summed E-state index contributed by atoms with van der Waals surface area (Å²) >= 11 is 1.43. The molecule has 1 unspecified atom stereocenters. The van der Waals surface area contributed by atoms with Crippen LogP contribution in [-0.4, -0.2) is 52.1 Å². The maximum absolute atomic E-state index is 13.8. The lowest BCUT2D eigenvalue weighted by molar-refractivity contribution is 0.114. The number of aromatic nitrogens is 2. The molecule has 0 aliphatic carbocycles. The predicted octanol–water partition coefficient (Wildman–Crippen LogP) is 2.23. The Morgan fingerprint density at radius 1 is 1.26 bits per heavy atom. The van der Waals surface area contributed by atoms with Crippen molar-refractivity contribution >= 4 is 16.7 Å². The Kier molecular flexibility index (Phi) is 5.20. The van der Waals surface area contributed by atoms with Gasteiger partial charge in [-0.1, -0.05) is 18.2 Å². The highest BCUT2D eigenvalue weighted by Crippen LogP contribution is 2.21. The standard InChI is InChI=1S/C16H21FN4OS/c1-12-18-16(23-19-12)21-8-4-7-20(9-10-21)11-15(22)13-5-2-3-6-14(13)17/h2-3,5-6,15,22H,4,7-11H2,1H3. The van der Waals surface area contributed by atoms with Gasteiger partial charge in [-0.15, -0.1) is 0 Å². The zero-order valence-electron chi connectivity index (χ0n) is 13.2. The van der Waals surface area contributed by atoms with Gasteiger partial charge in [0.15, 0.2) is 0 Å². The van der Waals surface area contributed by atoms with Gasteiger partial charge in [0, 0.05) is 49.8 Å². The molecule has 124 valence electrons. The quantitative estimate of drug-likeness (QED) is 0.928. The van der Waals surface area contributed by atoms with Gasteiger partial charge in [0.05, 0.1) is 6.10 Å². The number of β-amino-alcohol motifs (C(OH)–C–C–N with tert-alkyl or cyclic N) is 1. The summed E-state index contributed by atoms with van der Waals surface area (Å²) in [5.74, 6) is 0.460. The number of aryl methyl sites for hydroxylation is 1. The van der Waals surface area contributed by atoms with Crippen LogP contribution in [-0.2, 0) is 0 Å². The lowest BCUT2D eigenvalue weighted by atomic mass is 10.1. The molecule has 2 heterocycles. The van der Waals surface area contributed by atoms with Crippen LogP contribution in [0.2, 0.25) is 0 Å². The first-order chi connectivity index (χ1) is 11.1. The molecule has 7 heteroatoms. The summed E-state index contributed by atoms with van der Waals surface area (Å²) in [5, 5.41) is 11.3. The average Bonchev–Trinajstić information content (AvgIpc) is 2.83. The third-order valence-corrected chi connectivity index (χ3v) is 4.94. The van der Waals surface area contributed by atoms with Crippen molar-refractivity contribution in [1.29, 1.82) is 0 Å². The molecular formula is C16H21FN4OS. The number of nitrogens with zero attached hydrogens (tertiary/aromatic N) is 4. The summed E-state index contributed by atoms with van der Waals surface area (Å²) in [6.07, 6.45) is 0.189. The van der Waals surface area contributed by atoms with Crippen molar-refractivity contribution in [2.24, 2.45) is 0 Å². The Labute approximate surface area is 139 Å². The van der Waals surface area contributed by atoms with Crippen molar-refractivity contribution in [1.82, 2.24) is 14.3 Å². The van der Waals surface area contributed by atoms with Gasteiger partial charge in [0.25, 0.3) is 0 Å². The molecule has 0 saturated carbocycles. The van der Waals surface area contributed by atoms with Gasteiger partial charge in [-0.05, 0) is 19.4 Å². The van der Waals surface area contributed by atoms with Crippen molar-refractivity contribution in [2.45, 2.75) is 19.4 Å². The molecule has 2 aromatic rings. The molecule has 1 aliphatic heterocycles. The van der Waals surface area contributed by atoms with E-state index in [1.165, 1.54) is 17.6 Å². The molecule has 1 fully saturated rings. The zero-order valence-corrected chi connectivity index (χ0v) is 14.0. The summed E-state index contributed by atoms with van der Waals surface area (Å²) in [5.41, 5.74) is 0.369. The Balaban J connectivity index is 1.59. The van der Waals surface area contributed by atoms with Crippen molar-refractivity contribution in [2.75, 3.05) is 37.6 Å². The van der Waals surface area contributed by atoms with Gasteiger partial charge in [0.1, 0.15) is 11.6 Å². The minimum absolute atomic E-state index is 0.346. The number of halogens is 1. The van der Waals surface area contributed by atoms with Gasteiger partial charge >= 0.3 is 0 Å². The molecule has 1 aliphatic rings. The number of benzene rings is 1. The smallest absolute Gasteiger partial charge is 0.205 e.